The Morgan fingerprint density at radius 2 is 2.09 bits per heavy atom. The van der Waals surface area contributed by atoms with Crippen LogP contribution in [-0.4, -0.2) is 36.6 Å². The van der Waals surface area contributed by atoms with E-state index < -0.39 is 0 Å². The summed E-state index contributed by atoms with van der Waals surface area (Å²) < 4.78 is 4.85. The highest BCUT2D eigenvalue weighted by atomic mass is 35.5. The van der Waals surface area contributed by atoms with Crippen LogP contribution in [0.1, 0.15) is 30.7 Å². The fraction of sp³-hybridized carbons (Fsp3) is 0.500. The molecule has 4 rings (SSSR count). The molecule has 3 heterocycles. The van der Waals surface area contributed by atoms with E-state index in [0.717, 1.165) is 11.6 Å². The van der Waals surface area contributed by atoms with Crippen molar-refractivity contribution in [3.05, 3.63) is 46.5 Å². The van der Waals surface area contributed by atoms with Crippen molar-refractivity contribution in [1.29, 1.82) is 0 Å². The summed E-state index contributed by atoms with van der Waals surface area (Å²) in [6.45, 7) is 0.930. The number of rotatable bonds is 2. The lowest BCUT2D eigenvalue weighted by Crippen LogP contribution is -2.40. The SMILES string of the molecule is COC(=O)/C=C1/CN2C3CCC2C1C(c1ccc(Cl)cc1)C3. The van der Waals surface area contributed by atoms with Crippen LogP contribution in [0, 0.1) is 5.92 Å². The molecule has 4 heteroatoms. The Morgan fingerprint density at radius 1 is 1.32 bits per heavy atom. The summed E-state index contributed by atoms with van der Waals surface area (Å²) in [7, 11) is 1.45. The number of hydrogen-bond acceptors (Lipinski definition) is 3. The van der Waals surface area contributed by atoms with Crippen LogP contribution in [-0.2, 0) is 9.53 Å². The van der Waals surface area contributed by atoms with E-state index in [-0.39, 0.29) is 5.97 Å². The number of carbonyl (C=O) groups excluding carboxylic acids is 1. The van der Waals surface area contributed by atoms with Gasteiger partial charge in [0.05, 0.1) is 7.11 Å². The van der Waals surface area contributed by atoms with Gasteiger partial charge in [0.25, 0.3) is 0 Å². The topological polar surface area (TPSA) is 29.5 Å². The Bertz CT molecular complexity index is 624. The number of benzene rings is 1. The summed E-state index contributed by atoms with van der Waals surface area (Å²) in [5.41, 5.74) is 2.60. The minimum absolute atomic E-state index is 0.227. The van der Waals surface area contributed by atoms with E-state index in [1.165, 1.54) is 37.5 Å². The molecule has 0 radical (unpaired) electrons. The van der Waals surface area contributed by atoms with Gasteiger partial charge in [0.1, 0.15) is 0 Å². The highest BCUT2D eigenvalue weighted by molar-refractivity contribution is 6.30. The predicted molar refractivity (Wildman–Crippen MR) is 85.9 cm³/mol. The van der Waals surface area contributed by atoms with Crippen molar-refractivity contribution >= 4 is 17.6 Å². The molecule has 0 saturated carbocycles. The summed E-state index contributed by atoms with van der Waals surface area (Å²) >= 11 is 6.03. The molecule has 5 unspecified atom stereocenters. The summed E-state index contributed by atoms with van der Waals surface area (Å²) in [6, 6.07) is 9.50. The maximum atomic E-state index is 11.7. The van der Waals surface area contributed by atoms with Crippen LogP contribution in [0.25, 0.3) is 0 Å². The van der Waals surface area contributed by atoms with Crippen molar-refractivity contribution in [2.24, 2.45) is 5.92 Å². The quantitative estimate of drug-likeness (QED) is 0.618. The number of ether oxygens (including phenoxy) is 1. The van der Waals surface area contributed by atoms with Crippen molar-refractivity contribution < 1.29 is 9.53 Å². The number of carbonyl (C=O) groups is 1. The maximum Gasteiger partial charge on any atom is 0.330 e. The van der Waals surface area contributed by atoms with Crippen molar-refractivity contribution in [3.63, 3.8) is 0 Å². The van der Waals surface area contributed by atoms with Crippen LogP contribution in [0.2, 0.25) is 5.02 Å². The highest BCUT2D eigenvalue weighted by Gasteiger charge is 2.53. The van der Waals surface area contributed by atoms with Gasteiger partial charge in [0.2, 0.25) is 0 Å². The molecular weight excluding hydrogens is 298 g/mol. The van der Waals surface area contributed by atoms with Crippen LogP contribution in [0.4, 0.5) is 0 Å². The monoisotopic (exact) mass is 317 g/mol. The first-order valence-electron chi connectivity index (χ1n) is 7.97. The summed E-state index contributed by atoms with van der Waals surface area (Å²) in [6.07, 6.45) is 5.45. The zero-order valence-electron chi connectivity index (χ0n) is 12.7. The lowest BCUT2D eigenvalue weighted by molar-refractivity contribution is -0.134. The molecule has 0 spiro atoms. The molecule has 3 nitrogen and oxygen atoms in total. The molecule has 1 aromatic rings. The van der Waals surface area contributed by atoms with Crippen molar-refractivity contribution in [1.82, 2.24) is 4.90 Å². The van der Waals surface area contributed by atoms with Crippen LogP contribution in [0.3, 0.4) is 0 Å². The fourth-order valence-electron chi connectivity index (χ4n) is 4.79. The van der Waals surface area contributed by atoms with Gasteiger partial charge in [-0.15, -0.1) is 0 Å². The Labute approximate surface area is 135 Å². The average Bonchev–Trinajstić information content (AvgIpc) is 2.93. The third-order valence-electron chi connectivity index (χ3n) is 5.66. The minimum Gasteiger partial charge on any atom is -0.466 e. The predicted octanol–water partition coefficient (Wildman–Crippen LogP) is 3.39. The van der Waals surface area contributed by atoms with Crippen molar-refractivity contribution in [2.75, 3.05) is 13.7 Å². The van der Waals surface area contributed by atoms with E-state index in [1.54, 1.807) is 6.08 Å². The second-order valence-electron chi connectivity index (χ2n) is 6.63. The molecule has 116 valence electrons. The Hall–Kier alpha value is -1.32. The standard InChI is InChI=1S/C18H20ClNO2/c1-22-17(21)8-12-10-20-14-6-7-16(20)18(12)15(9-14)11-2-4-13(19)5-3-11/h2-5,8,14-16,18H,6-7,9-10H2,1H3/b12-8-. The first-order chi connectivity index (χ1) is 10.7. The van der Waals surface area contributed by atoms with E-state index >= 15 is 0 Å². The van der Waals surface area contributed by atoms with E-state index in [1.807, 2.05) is 12.1 Å². The van der Waals surface area contributed by atoms with E-state index in [2.05, 4.69) is 17.0 Å². The second-order valence-corrected chi connectivity index (χ2v) is 7.07. The molecule has 0 N–H and O–H groups in total. The van der Waals surface area contributed by atoms with Crippen LogP contribution < -0.4 is 0 Å². The molecule has 4 bridgehead atoms. The third-order valence-corrected chi connectivity index (χ3v) is 5.91. The van der Waals surface area contributed by atoms with Crippen molar-refractivity contribution in [3.8, 4) is 0 Å². The molecule has 0 aromatic heterocycles. The summed E-state index contributed by atoms with van der Waals surface area (Å²) in [5, 5.41) is 0.779. The molecule has 22 heavy (non-hydrogen) atoms. The molecule has 3 aliphatic heterocycles. The smallest absolute Gasteiger partial charge is 0.330 e. The van der Waals surface area contributed by atoms with Gasteiger partial charge in [-0.25, -0.2) is 4.79 Å². The lowest BCUT2D eigenvalue weighted by atomic mass is 9.76. The molecule has 0 amide bonds. The van der Waals surface area contributed by atoms with E-state index in [9.17, 15) is 4.79 Å². The number of halogens is 1. The number of hydrogen-bond donors (Lipinski definition) is 0. The van der Waals surface area contributed by atoms with Gasteiger partial charge >= 0.3 is 5.97 Å². The van der Waals surface area contributed by atoms with Gasteiger partial charge in [-0.2, -0.15) is 0 Å². The van der Waals surface area contributed by atoms with Crippen LogP contribution in [0.5, 0.6) is 0 Å². The molecule has 3 fully saturated rings. The van der Waals surface area contributed by atoms with E-state index in [0.29, 0.717) is 23.9 Å². The van der Waals surface area contributed by atoms with Gasteiger partial charge < -0.3 is 4.74 Å². The zero-order chi connectivity index (χ0) is 15.3. The minimum atomic E-state index is -0.227. The van der Waals surface area contributed by atoms with Gasteiger partial charge in [0, 0.05) is 35.6 Å². The maximum absolute atomic E-state index is 11.7. The van der Waals surface area contributed by atoms with Gasteiger partial charge in [-0.1, -0.05) is 23.7 Å². The van der Waals surface area contributed by atoms with Crippen molar-refractivity contribution in [2.45, 2.75) is 37.3 Å². The fourth-order valence-corrected chi connectivity index (χ4v) is 4.91. The zero-order valence-corrected chi connectivity index (χ0v) is 13.4. The van der Waals surface area contributed by atoms with Gasteiger partial charge in [-0.3, -0.25) is 4.90 Å². The average molecular weight is 318 g/mol. The van der Waals surface area contributed by atoms with Crippen LogP contribution in [0.15, 0.2) is 35.9 Å². The Balaban J connectivity index is 1.72. The molecule has 0 aliphatic carbocycles. The van der Waals surface area contributed by atoms with Crippen LogP contribution >= 0.6 is 11.6 Å². The first kappa shape index (κ1) is 14.3. The Morgan fingerprint density at radius 3 is 2.82 bits per heavy atom. The Kier molecular flexibility index (Phi) is 3.50. The number of nitrogens with zero attached hydrogens (tertiary/aromatic N) is 1. The normalized spacial score (nSPS) is 37.5. The number of methoxy groups -OCH3 is 1. The van der Waals surface area contributed by atoms with E-state index in [4.69, 9.17) is 16.3 Å². The largest absolute Gasteiger partial charge is 0.466 e. The van der Waals surface area contributed by atoms with Gasteiger partial charge in [0.15, 0.2) is 0 Å². The molecule has 3 aliphatic rings. The summed E-state index contributed by atoms with van der Waals surface area (Å²) in [5.74, 6) is 0.706. The lowest BCUT2D eigenvalue weighted by Gasteiger charge is -2.37. The molecule has 3 saturated heterocycles. The number of piperidine rings is 1. The molecule has 1 aromatic carbocycles. The molecule has 5 atom stereocenters. The highest BCUT2D eigenvalue weighted by Crippen LogP contribution is 2.54. The number of esters is 1. The first-order valence-corrected chi connectivity index (χ1v) is 8.35. The van der Waals surface area contributed by atoms with Gasteiger partial charge in [-0.05, 0) is 48.4 Å². The third kappa shape index (κ3) is 2.19. The second kappa shape index (κ2) is 5.39. The molecular formula is C18H20ClNO2. The summed E-state index contributed by atoms with van der Waals surface area (Å²) in [4.78, 5) is 14.3.